The lowest BCUT2D eigenvalue weighted by Crippen LogP contribution is -2.23. The van der Waals surface area contributed by atoms with Crippen molar-refractivity contribution in [3.8, 4) is 0 Å². The number of epoxide rings is 1. The van der Waals surface area contributed by atoms with E-state index in [1.165, 1.54) is 0 Å². The molecule has 0 aromatic carbocycles. The molecule has 4 atom stereocenters. The van der Waals surface area contributed by atoms with Gasteiger partial charge < -0.3 is 9.84 Å². The predicted octanol–water partition coefficient (Wildman–Crippen LogP) is 1.83. The molecule has 1 N–H and O–H groups in total. The number of hydrogen-bond donors (Lipinski definition) is 1. The average molecular weight is 196 g/mol. The summed E-state index contributed by atoms with van der Waals surface area (Å²) in [4.78, 5) is 10.7. The van der Waals surface area contributed by atoms with Crippen LogP contribution >= 0.6 is 0 Å². The fourth-order valence-electron chi connectivity index (χ4n) is 2.37. The SMILES string of the molecule is C=C(C(=O)O)C(C)C1CCC2OC2C1. The molecule has 1 saturated carbocycles. The second-order valence-electron chi connectivity index (χ2n) is 4.41. The van der Waals surface area contributed by atoms with Crippen molar-refractivity contribution >= 4 is 5.97 Å². The number of carboxylic acid groups (broad SMARTS) is 1. The molecule has 2 aliphatic rings. The van der Waals surface area contributed by atoms with Gasteiger partial charge in [-0.05, 0) is 31.1 Å². The number of carbonyl (C=O) groups is 1. The van der Waals surface area contributed by atoms with Crippen molar-refractivity contribution in [2.75, 3.05) is 0 Å². The fraction of sp³-hybridized carbons (Fsp3) is 0.727. The van der Waals surface area contributed by atoms with Crippen LogP contribution in [0.4, 0.5) is 0 Å². The van der Waals surface area contributed by atoms with Crippen LogP contribution in [0.25, 0.3) is 0 Å². The normalized spacial score (nSPS) is 37.1. The third-order valence-corrected chi connectivity index (χ3v) is 3.58. The van der Waals surface area contributed by atoms with Crippen LogP contribution in [0.15, 0.2) is 12.2 Å². The van der Waals surface area contributed by atoms with Crippen LogP contribution in [0.2, 0.25) is 0 Å². The third-order valence-electron chi connectivity index (χ3n) is 3.58. The molecule has 2 rings (SSSR count). The molecule has 0 aromatic heterocycles. The Bertz CT molecular complexity index is 272. The Balaban J connectivity index is 1.93. The molecule has 2 fully saturated rings. The summed E-state index contributed by atoms with van der Waals surface area (Å²) in [6, 6.07) is 0. The summed E-state index contributed by atoms with van der Waals surface area (Å²) in [6.45, 7) is 5.59. The molecule has 1 aliphatic heterocycles. The van der Waals surface area contributed by atoms with Crippen LogP contribution in [-0.2, 0) is 9.53 Å². The molecule has 0 aromatic rings. The average Bonchev–Trinajstić information content (AvgIpc) is 2.92. The van der Waals surface area contributed by atoms with Gasteiger partial charge in [0.1, 0.15) is 0 Å². The van der Waals surface area contributed by atoms with Gasteiger partial charge in [-0.1, -0.05) is 13.5 Å². The molecule has 14 heavy (non-hydrogen) atoms. The molecular weight excluding hydrogens is 180 g/mol. The van der Waals surface area contributed by atoms with Gasteiger partial charge in [0, 0.05) is 5.57 Å². The Morgan fingerprint density at radius 3 is 2.79 bits per heavy atom. The van der Waals surface area contributed by atoms with Crippen LogP contribution in [0, 0.1) is 11.8 Å². The zero-order valence-corrected chi connectivity index (χ0v) is 8.40. The first-order valence-electron chi connectivity index (χ1n) is 5.17. The van der Waals surface area contributed by atoms with Gasteiger partial charge in [-0.2, -0.15) is 0 Å². The van der Waals surface area contributed by atoms with E-state index in [-0.39, 0.29) is 5.92 Å². The van der Waals surface area contributed by atoms with E-state index in [2.05, 4.69) is 6.58 Å². The lowest BCUT2D eigenvalue weighted by atomic mass is 9.78. The second kappa shape index (κ2) is 3.39. The molecule has 0 amide bonds. The van der Waals surface area contributed by atoms with Crippen molar-refractivity contribution in [2.45, 2.75) is 38.4 Å². The summed E-state index contributed by atoms with van der Waals surface area (Å²) < 4.78 is 5.42. The number of hydrogen-bond acceptors (Lipinski definition) is 2. The Kier molecular flexibility index (Phi) is 2.35. The van der Waals surface area contributed by atoms with Gasteiger partial charge >= 0.3 is 5.97 Å². The van der Waals surface area contributed by atoms with Crippen molar-refractivity contribution in [3.63, 3.8) is 0 Å². The lowest BCUT2D eigenvalue weighted by Gasteiger charge is -2.25. The van der Waals surface area contributed by atoms with Crippen LogP contribution in [-0.4, -0.2) is 23.3 Å². The summed E-state index contributed by atoms with van der Waals surface area (Å²) in [5.41, 5.74) is 0.342. The summed E-state index contributed by atoms with van der Waals surface area (Å²) in [6.07, 6.45) is 4.08. The van der Waals surface area contributed by atoms with Gasteiger partial charge in [-0.25, -0.2) is 4.79 Å². The van der Waals surface area contributed by atoms with Crippen LogP contribution < -0.4 is 0 Å². The first-order valence-corrected chi connectivity index (χ1v) is 5.17. The zero-order chi connectivity index (χ0) is 10.3. The van der Waals surface area contributed by atoms with Gasteiger partial charge in [0.05, 0.1) is 12.2 Å². The maximum atomic E-state index is 10.7. The van der Waals surface area contributed by atoms with E-state index < -0.39 is 5.97 Å². The monoisotopic (exact) mass is 196 g/mol. The zero-order valence-electron chi connectivity index (χ0n) is 8.40. The molecule has 1 heterocycles. The third kappa shape index (κ3) is 1.69. The second-order valence-corrected chi connectivity index (χ2v) is 4.41. The highest BCUT2D eigenvalue weighted by molar-refractivity contribution is 5.86. The predicted molar refractivity (Wildman–Crippen MR) is 51.9 cm³/mol. The summed E-state index contributed by atoms with van der Waals surface area (Å²) in [5, 5.41) is 8.83. The van der Waals surface area contributed by atoms with E-state index in [0.29, 0.717) is 23.7 Å². The first-order chi connectivity index (χ1) is 6.59. The van der Waals surface area contributed by atoms with E-state index in [0.717, 1.165) is 19.3 Å². The molecule has 0 bridgehead atoms. The molecule has 0 radical (unpaired) electrons. The van der Waals surface area contributed by atoms with Crippen LogP contribution in [0.1, 0.15) is 26.2 Å². The quantitative estimate of drug-likeness (QED) is 0.553. The summed E-state index contributed by atoms with van der Waals surface area (Å²) >= 11 is 0. The van der Waals surface area contributed by atoms with Crippen molar-refractivity contribution in [1.82, 2.24) is 0 Å². The largest absolute Gasteiger partial charge is 0.478 e. The Hall–Kier alpha value is -0.830. The van der Waals surface area contributed by atoms with E-state index in [1.807, 2.05) is 6.92 Å². The number of fused-ring (bicyclic) bond motifs is 1. The maximum Gasteiger partial charge on any atom is 0.331 e. The van der Waals surface area contributed by atoms with Crippen molar-refractivity contribution in [3.05, 3.63) is 12.2 Å². The van der Waals surface area contributed by atoms with Gasteiger partial charge in [0.15, 0.2) is 0 Å². The van der Waals surface area contributed by atoms with E-state index in [9.17, 15) is 4.79 Å². The highest BCUT2D eigenvalue weighted by Gasteiger charge is 2.45. The molecule has 78 valence electrons. The molecule has 4 unspecified atom stereocenters. The number of rotatable bonds is 3. The Morgan fingerprint density at radius 2 is 2.21 bits per heavy atom. The molecule has 0 spiro atoms. The van der Waals surface area contributed by atoms with Gasteiger partial charge in [-0.15, -0.1) is 0 Å². The highest BCUT2D eigenvalue weighted by atomic mass is 16.6. The number of aliphatic carboxylic acids is 1. The standard InChI is InChI=1S/C11H16O3/c1-6(7(2)11(12)13)8-3-4-9-10(5-8)14-9/h6,8-10H,2-5H2,1H3,(H,12,13). The van der Waals surface area contributed by atoms with Gasteiger partial charge in [0.2, 0.25) is 0 Å². The fourth-order valence-corrected chi connectivity index (χ4v) is 2.37. The molecule has 3 nitrogen and oxygen atoms in total. The van der Waals surface area contributed by atoms with Crippen molar-refractivity contribution < 1.29 is 14.6 Å². The molecule has 1 aliphatic carbocycles. The molecular formula is C11H16O3. The topological polar surface area (TPSA) is 49.8 Å². The minimum absolute atomic E-state index is 0.0812. The number of ether oxygens (including phenoxy) is 1. The Morgan fingerprint density at radius 1 is 1.50 bits per heavy atom. The van der Waals surface area contributed by atoms with E-state index >= 15 is 0 Å². The molecule has 1 saturated heterocycles. The van der Waals surface area contributed by atoms with E-state index in [4.69, 9.17) is 9.84 Å². The minimum Gasteiger partial charge on any atom is -0.478 e. The highest BCUT2D eigenvalue weighted by Crippen LogP contribution is 2.43. The first kappa shape index (κ1) is 9.71. The maximum absolute atomic E-state index is 10.7. The summed E-state index contributed by atoms with van der Waals surface area (Å²) in [7, 11) is 0. The minimum atomic E-state index is -0.865. The van der Waals surface area contributed by atoms with Crippen molar-refractivity contribution in [1.29, 1.82) is 0 Å². The van der Waals surface area contributed by atoms with Crippen molar-refractivity contribution in [2.24, 2.45) is 11.8 Å². The van der Waals surface area contributed by atoms with Gasteiger partial charge in [0.25, 0.3) is 0 Å². The number of carboxylic acids is 1. The Labute approximate surface area is 83.8 Å². The van der Waals surface area contributed by atoms with Gasteiger partial charge in [-0.3, -0.25) is 0 Å². The van der Waals surface area contributed by atoms with Crippen LogP contribution in [0.3, 0.4) is 0 Å². The molecule has 3 heteroatoms. The smallest absolute Gasteiger partial charge is 0.331 e. The van der Waals surface area contributed by atoms with Crippen LogP contribution in [0.5, 0.6) is 0 Å². The summed E-state index contributed by atoms with van der Waals surface area (Å²) in [5.74, 6) is -0.337. The lowest BCUT2D eigenvalue weighted by molar-refractivity contribution is -0.133. The van der Waals surface area contributed by atoms with E-state index in [1.54, 1.807) is 0 Å².